The van der Waals surface area contributed by atoms with Gasteiger partial charge in [0.2, 0.25) is 5.76 Å². The standard InChI is InChI=1S/C19H11Cl2NO4/c20-12-5-6-14(15(21)8-12)19(23)24-10-13-9-18(26-22-13)17-7-11-3-1-2-4-16(11)25-17/h1-9H,10H2. The number of para-hydroxylation sites is 1. The predicted molar refractivity (Wildman–Crippen MR) is 97.3 cm³/mol. The van der Waals surface area contributed by atoms with Crippen LogP contribution in [-0.4, -0.2) is 11.1 Å². The van der Waals surface area contributed by atoms with Gasteiger partial charge in [-0.25, -0.2) is 4.79 Å². The smallest absolute Gasteiger partial charge is 0.340 e. The first kappa shape index (κ1) is 16.7. The van der Waals surface area contributed by atoms with Crippen LogP contribution in [-0.2, 0) is 11.3 Å². The van der Waals surface area contributed by atoms with Crippen LogP contribution in [0.15, 0.2) is 63.5 Å². The molecule has 2 aromatic heterocycles. The molecule has 130 valence electrons. The number of benzene rings is 2. The van der Waals surface area contributed by atoms with Crippen LogP contribution in [0.25, 0.3) is 22.5 Å². The first-order chi connectivity index (χ1) is 12.6. The summed E-state index contributed by atoms with van der Waals surface area (Å²) in [5, 5.41) is 5.53. The Balaban J connectivity index is 1.47. The summed E-state index contributed by atoms with van der Waals surface area (Å²) in [7, 11) is 0. The van der Waals surface area contributed by atoms with Gasteiger partial charge < -0.3 is 13.7 Å². The number of furan rings is 1. The molecule has 2 aromatic carbocycles. The highest BCUT2D eigenvalue weighted by molar-refractivity contribution is 6.36. The molecule has 0 radical (unpaired) electrons. The third-order valence-corrected chi connectivity index (χ3v) is 4.28. The van der Waals surface area contributed by atoms with Crippen molar-refractivity contribution in [1.29, 1.82) is 0 Å². The number of hydrogen-bond donors (Lipinski definition) is 0. The molecule has 0 N–H and O–H groups in total. The van der Waals surface area contributed by atoms with E-state index in [1.807, 2.05) is 30.3 Å². The number of carbonyl (C=O) groups is 1. The van der Waals surface area contributed by atoms with E-state index in [4.69, 9.17) is 36.9 Å². The van der Waals surface area contributed by atoms with Crippen molar-refractivity contribution in [3.63, 3.8) is 0 Å². The summed E-state index contributed by atoms with van der Waals surface area (Å²) in [5.41, 5.74) is 1.44. The highest BCUT2D eigenvalue weighted by Crippen LogP contribution is 2.28. The summed E-state index contributed by atoms with van der Waals surface area (Å²) in [4.78, 5) is 12.1. The van der Waals surface area contributed by atoms with Gasteiger partial charge in [-0.15, -0.1) is 0 Å². The number of ether oxygens (including phenoxy) is 1. The second kappa shape index (κ2) is 6.86. The van der Waals surface area contributed by atoms with Gasteiger partial charge in [-0.3, -0.25) is 0 Å². The van der Waals surface area contributed by atoms with Crippen molar-refractivity contribution in [2.24, 2.45) is 0 Å². The van der Waals surface area contributed by atoms with Gasteiger partial charge in [-0.05, 0) is 30.3 Å². The molecule has 5 nitrogen and oxygen atoms in total. The topological polar surface area (TPSA) is 65.5 Å². The summed E-state index contributed by atoms with van der Waals surface area (Å²) in [6.07, 6.45) is 0. The predicted octanol–water partition coefficient (Wildman–Crippen LogP) is 5.75. The van der Waals surface area contributed by atoms with Gasteiger partial charge in [0, 0.05) is 16.5 Å². The van der Waals surface area contributed by atoms with E-state index in [2.05, 4.69) is 5.16 Å². The number of aromatic nitrogens is 1. The maximum Gasteiger partial charge on any atom is 0.340 e. The first-order valence-electron chi connectivity index (χ1n) is 7.67. The Hall–Kier alpha value is -2.76. The molecule has 7 heteroatoms. The molecule has 2 heterocycles. The molecule has 4 aromatic rings. The molecule has 4 rings (SSSR count). The molecular weight excluding hydrogens is 377 g/mol. The van der Waals surface area contributed by atoms with Gasteiger partial charge in [0.05, 0.1) is 10.6 Å². The zero-order chi connectivity index (χ0) is 18.1. The van der Waals surface area contributed by atoms with Crippen molar-refractivity contribution in [3.05, 3.63) is 75.9 Å². The van der Waals surface area contributed by atoms with Crippen LogP contribution in [0.2, 0.25) is 10.0 Å². The lowest BCUT2D eigenvalue weighted by Crippen LogP contribution is -2.06. The summed E-state index contributed by atoms with van der Waals surface area (Å²) >= 11 is 11.8. The Kier molecular flexibility index (Phi) is 4.41. The summed E-state index contributed by atoms with van der Waals surface area (Å²) in [6, 6.07) is 15.7. The van der Waals surface area contributed by atoms with E-state index in [-0.39, 0.29) is 17.2 Å². The fraction of sp³-hybridized carbons (Fsp3) is 0.0526. The summed E-state index contributed by atoms with van der Waals surface area (Å²) in [5.74, 6) is 0.439. The average molecular weight is 388 g/mol. The van der Waals surface area contributed by atoms with E-state index < -0.39 is 5.97 Å². The lowest BCUT2D eigenvalue weighted by Gasteiger charge is -2.04. The van der Waals surface area contributed by atoms with Crippen molar-refractivity contribution in [3.8, 4) is 11.5 Å². The molecule has 26 heavy (non-hydrogen) atoms. The van der Waals surface area contributed by atoms with E-state index in [1.165, 1.54) is 12.1 Å². The van der Waals surface area contributed by atoms with Gasteiger partial charge in [-0.1, -0.05) is 46.6 Å². The molecule has 0 aliphatic heterocycles. The molecule has 0 fully saturated rings. The number of halogens is 2. The van der Waals surface area contributed by atoms with Gasteiger partial charge in [-0.2, -0.15) is 0 Å². The fourth-order valence-corrected chi connectivity index (χ4v) is 2.96. The molecule has 0 saturated heterocycles. The monoisotopic (exact) mass is 387 g/mol. The van der Waals surface area contributed by atoms with Gasteiger partial charge in [0.1, 0.15) is 17.9 Å². The number of fused-ring (bicyclic) bond motifs is 1. The van der Waals surface area contributed by atoms with Crippen molar-refractivity contribution < 1.29 is 18.5 Å². The minimum atomic E-state index is -0.569. The number of carbonyl (C=O) groups excluding carboxylic acids is 1. The van der Waals surface area contributed by atoms with Crippen molar-refractivity contribution >= 4 is 40.1 Å². The average Bonchev–Trinajstić information content (AvgIpc) is 3.26. The molecule has 0 aliphatic carbocycles. The molecule has 0 amide bonds. The Bertz CT molecular complexity index is 1070. The molecular formula is C19H11Cl2NO4. The van der Waals surface area contributed by atoms with E-state index in [9.17, 15) is 4.79 Å². The quantitative estimate of drug-likeness (QED) is 0.417. The molecule has 0 saturated carbocycles. The van der Waals surface area contributed by atoms with E-state index in [0.29, 0.717) is 22.2 Å². The second-order valence-corrected chi connectivity index (χ2v) is 6.37. The van der Waals surface area contributed by atoms with Crippen LogP contribution in [0.3, 0.4) is 0 Å². The van der Waals surface area contributed by atoms with Crippen LogP contribution in [0.4, 0.5) is 0 Å². The van der Waals surface area contributed by atoms with E-state index in [0.717, 1.165) is 11.0 Å². The third-order valence-electron chi connectivity index (χ3n) is 3.73. The van der Waals surface area contributed by atoms with Crippen LogP contribution < -0.4 is 0 Å². The fourth-order valence-electron chi connectivity index (χ4n) is 2.47. The molecule has 0 bridgehead atoms. The molecule has 0 unspecified atom stereocenters. The highest BCUT2D eigenvalue weighted by Gasteiger charge is 2.15. The molecule has 0 spiro atoms. The van der Waals surface area contributed by atoms with Gasteiger partial charge >= 0.3 is 5.97 Å². The van der Waals surface area contributed by atoms with Gasteiger partial charge in [0.25, 0.3) is 0 Å². The van der Waals surface area contributed by atoms with Crippen molar-refractivity contribution in [2.75, 3.05) is 0 Å². The highest BCUT2D eigenvalue weighted by atomic mass is 35.5. The Morgan fingerprint density at radius 3 is 2.69 bits per heavy atom. The van der Waals surface area contributed by atoms with Crippen LogP contribution >= 0.6 is 23.2 Å². The lowest BCUT2D eigenvalue weighted by atomic mass is 10.2. The second-order valence-electron chi connectivity index (χ2n) is 5.53. The minimum Gasteiger partial charge on any atom is -0.455 e. The minimum absolute atomic E-state index is 0.0541. The van der Waals surface area contributed by atoms with Gasteiger partial charge in [0.15, 0.2) is 5.76 Å². The van der Waals surface area contributed by atoms with Crippen LogP contribution in [0.5, 0.6) is 0 Å². The largest absolute Gasteiger partial charge is 0.455 e. The van der Waals surface area contributed by atoms with Crippen molar-refractivity contribution in [1.82, 2.24) is 5.16 Å². The first-order valence-corrected chi connectivity index (χ1v) is 8.42. The number of rotatable bonds is 4. The third kappa shape index (κ3) is 3.31. The number of esters is 1. The Morgan fingerprint density at radius 2 is 1.88 bits per heavy atom. The number of hydrogen-bond acceptors (Lipinski definition) is 5. The van der Waals surface area contributed by atoms with E-state index in [1.54, 1.807) is 12.1 Å². The SMILES string of the molecule is O=C(OCc1cc(-c2cc3ccccc3o2)on1)c1ccc(Cl)cc1Cl. The molecule has 0 aliphatic rings. The zero-order valence-corrected chi connectivity index (χ0v) is 14.8. The summed E-state index contributed by atoms with van der Waals surface area (Å²) < 4.78 is 16.2. The molecule has 0 atom stereocenters. The van der Waals surface area contributed by atoms with E-state index >= 15 is 0 Å². The Labute approximate surface area is 158 Å². The van der Waals surface area contributed by atoms with Crippen LogP contribution in [0, 0.1) is 0 Å². The Morgan fingerprint density at radius 1 is 1.04 bits per heavy atom. The zero-order valence-electron chi connectivity index (χ0n) is 13.2. The maximum absolute atomic E-state index is 12.1. The van der Waals surface area contributed by atoms with Crippen LogP contribution in [0.1, 0.15) is 16.1 Å². The number of nitrogens with zero attached hydrogens (tertiary/aromatic N) is 1. The maximum atomic E-state index is 12.1. The normalized spacial score (nSPS) is 11.0. The lowest BCUT2D eigenvalue weighted by molar-refractivity contribution is 0.0464. The summed E-state index contributed by atoms with van der Waals surface area (Å²) in [6.45, 7) is -0.0541. The van der Waals surface area contributed by atoms with Crippen molar-refractivity contribution in [2.45, 2.75) is 6.61 Å².